The summed E-state index contributed by atoms with van der Waals surface area (Å²) in [5.41, 5.74) is 24.4. The molecule has 0 spiro atoms. The summed E-state index contributed by atoms with van der Waals surface area (Å²) in [6.45, 7) is 0. The number of benzene rings is 9. The molecule has 5 heterocycles. The van der Waals surface area contributed by atoms with E-state index in [4.69, 9.17) is 19.4 Å². The molecule has 370 valence electrons. The Kier molecular flexibility index (Phi) is 12.2. The predicted molar refractivity (Wildman–Crippen MR) is 325 cm³/mol. The van der Waals surface area contributed by atoms with Gasteiger partial charge >= 0.3 is 0 Å². The third-order valence-corrected chi connectivity index (χ3v) is 15.0. The van der Waals surface area contributed by atoms with Crippen LogP contribution in [0.4, 0.5) is 0 Å². The average molecular weight is 1010 g/mol. The maximum Gasteiger partial charge on any atom is 0.227 e. The molecule has 0 saturated carbocycles. The lowest BCUT2D eigenvalue weighted by Crippen LogP contribution is -1.95. The second kappa shape index (κ2) is 20.5. The van der Waals surface area contributed by atoms with E-state index in [1.807, 2.05) is 36.8 Å². The topological polar surface area (TPSA) is 64.7 Å². The molecule has 0 saturated heterocycles. The Balaban J connectivity index is 0.953. The molecule has 0 aliphatic carbocycles. The summed E-state index contributed by atoms with van der Waals surface area (Å²) in [6.07, 6.45) is 7.81. The number of fused-ring (bicyclic) bond motifs is 3. The summed E-state index contributed by atoms with van der Waals surface area (Å²) in [5.74, 6) is 0. The monoisotopic (exact) mass is 1010 g/mol. The largest absolute Gasteiger partial charge is 0.437 e. The fourth-order valence-electron chi connectivity index (χ4n) is 11.1. The molecule has 0 N–H and O–H groups in total. The molecule has 14 aromatic rings. The van der Waals surface area contributed by atoms with Crippen LogP contribution in [-0.2, 0) is 0 Å². The summed E-state index contributed by atoms with van der Waals surface area (Å²) in [7, 11) is 0. The Morgan fingerprint density at radius 3 is 1.16 bits per heavy atom. The highest BCUT2D eigenvalue weighted by Gasteiger charge is 2.21. The van der Waals surface area contributed by atoms with Crippen LogP contribution in [0.2, 0.25) is 0 Å². The van der Waals surface area contributed by atoms with Gasteiger partial charge in [-0.25, -0.2) is 4.98 Å². The van der Waals surface area contributed by atoms with Crippen molar-refractivity contribution in [3.8, 4) is 123 Å². The van der Waals surface area contributed by atoms with Crippen LogP contribution in [0, 0.1) is 0 Å². The Morgan fingerprint density at radius 1 is 0.215 bits per heavy atom. The molecule has 0 bridgehead atoms. The van der Waals surface area contributed by atoms with Crippen LogP contribution in [0.3, 0.4) is 0 Å². The molecule has 0 fully saturated rings. The van der Waals surface area contributed by atoms with E-state index in [0.717, 1.165) is 134 Å². The first-order chi connectivity index (χ1) is 39.2. The van der Waals surface area contributed by atoms with Crippen molar-refractivity contribution in [1.29, 1.82) is 0 Å². The van der Waals surface area contributed by atoms with Crippen LogP contribution < -0.4 is 0 Å². The standard InChI is InChI=1S/C74H48N4O/c1-4-18-49(19-5-1)50-33-35-51(36-34-50)68-45-72(67-31-16-30-65-66-32-17-41-75-74(66)79-73(65)67)78-48-69(68)64-29-15-14-28-63(64)58-43-56(61-26-12-10-24-59(61)54-37-39-70(76-46-54)52-20-6-2-7-21-52)42-57(44-58)62-27-13-11-25-60(62)55-38-40-71(77-47-55)53-22-8-3-9-23-53/h1-48H. The van der Waals surface area contributed by atoms with Crippen LogP contribution in [0.5, 0.6) is 0 Å². The predicted octanol–water partition coefficient (Wildman–Crippen LogP) is 19.5. The molecule has 9 aromatic carbocycles. The van der Waals surface area contributed by atoms with E-state index in [1.165, 1.54) is 5.56 Å². The number of aromatic nitrogens is 4. The Hall–Kier alpha value is -10.6. The zero-order valence-electron chi connectivity index (χ0n) is 42.9. The van der Waals surface area contributed by atoms with E-state index in [1.54, 1.807) is 6.20 Å². The maximum atomic E-state index is 6.50. The Labute approximate surface area is 458 Å². The van der Waals surface area contributed by atoms with Crippen LogP contribution in [0.15, 0.2) is 296 Å². The summed E-state index contributed by atoms with van der Waals surface area (Å²) < 4.78 is 6.50. The van der Waals surface area contributed by atoms with Gasteiger partial charge in [0.25, 0.3) is 0 Å². The Morgan fingerprint density at radius 2 is 0.633 bits per heavy atom. The molecule has 5 heteroatoms. The SMILES string of the molecule is c1ccc(-c2ccc(-c3cc(-c4cccc5c4oc4ncccc45)ncc3-c3ccccc3-c3cc(-c4ccccc4-c4ccc(-c5ccccc5)nc4)cc(-c4ccccc4-c4ccc(-c5ccccc5)nc4)c3)cc2)cc1. The number of hydrogen-bond donors (Lipinski definition) is 0. The van der Waals surface area contributed by atoms with Crippen LogP contribution >= 0.6 is 0 Å². The molecule has 5 aromatic heterocycles. The van der Waals surface area contributed by atoms with Gasteiger partial charge in [-0.2, -0.15) is 0 Å². The van der Waals surface area contributed by atoms with Crippen molar-refractivity contribution >= 4 is 22.1 Å². The van der Waals surface area contributed by atoms with Crippen molar-refractivity contribution in [3.63, 3.8) is 0 Å². The van der Waals surface area contributed by atoms with Gasteiger partial charge in [0.15, 0.2) is 0 Å². The summed E-state index contributed by atoms with van der Waals surface area (Å²) in [5, 5.41) is 1.98. The number of rotatable bonds is 11. The van der Waals surface area contributed by atoms with Gasteiger partial charge in [-0.05, 0) is 127 Å². The van der Waals surface area contributed by atoms with Gasteiger partial charge in [0.1, 0.15) is 5.58 Å². The first-order valence-electron chi connectivity index (χ1n) is 26.6. The van der Waals surface area contributed by atoms with Gasteiger partial charge in [-0.1, -0.05) is 212 Å². The van der Waals surface area contributed by atoms with E-state index in [9.17, 15) is 0 Å². The van der Waals surface area contributed by atoms with Crippen molar-refractivity contribution in [3.05, 3.63) is 292 Å². The van der Waals surface area contributed by atoms with Gasteiger partial charge < -0.3 is 4.42 Å². The lowest BCUT2D eigenvalue weighted by molar-refractivity contribution is 0.655. The van der Waals surface area contributed by atoms with Crippen molar-refractivity contribution in [2.75, 3.05) is 0 Å². The smallest absolute Gasteiger partial charge is 0.227 e. The van der Waals surface area contributed by atoms with Gasteiger partial charge in [-0.3, -0.25) is 15.0 Å². The zero-order chi connectivity index (χ0) is 52.5. The Bertz CT molecular complexity index is 4350. The first kappa shape index (κ1) is 46.9. The molecular weight excluding hydrogens is 961 g/mol. The molecule has 0 aliphatic heterocycles. The fourth-order valence-corrected chi connectivity index (χ4v) is 11.1. The van der Waals surface area contributed by atoms with Crippen molar-refractivity contribution < 1.29 is 4.42 Å². The summed E-state index contributed by atoms with van der Waals surface area (Å²) >= 11 is 0. The number of para-hydroxylation sites is 1. The number of hydrogen-bond acceptors (Lipinski definition) is 5. The number of furan rings is 1. The van der Waals surface area contributed by atoms with Gasteiger partial charge in [0, 0.05) is 68.9 Å². The van der Waals surface area contributed by atoms with E-state index >= 15 is 0 Å². The lowest BCUT2D eigenvalue weighted by atomic mass is 9.85. The molecule has 0 aliphatic rings. The molecule has 14 rings (SSSR count). The van der Waals surface area contributed by atoms with Gasteiger partial charge in [0.05, 0.1) is 17.1 Å². The third-order valence-electron chi connectivity index (χ3n) is 15.0. The lowest BCUT2D eigenvalue weighted by Gasteiger charge is -2.19. The molecule has 0 unspecified atom stereocenters. The quantitative estimate of drug-likeness (QED) is 0.129. The van der Waals surface area contributed by atoms with E-state index in [-0.39, 0.29) is 0 Å². The first-order valence-corrected chi connectivity index (χ1v) is 26.6. The highest BCUT2D eigenvalue weighted by Crippen LogP contribution is 2.45. The molecule has 79 heavy (non-hydrogen) atoms. The average Bonchev–Trinajstić information content (AvgIpc) is 4.01. The highest BCUT2D eigenvalue weighted by atomic mass is 16.3. The van der Waals surface area contributed by atoms with E-state index in [2.05, 4.69) is 254 Å². The minimum atomic E-state index is 0.606. The molecule has 5 nitrogen and oxygen atoms in total. The maximum absolute atomic E-state index is 6.50. The fraction of sp³-hybridized carbons (Fsp3) is 0. The van der Waals surface area contributed by atoms with E-state index in [0.29, 0.717) is 5.71 Å². The minimum absolute atomic E-state index is 0.606. The van der Waals surface area contributed by atoms with Crippen molar-refractivity contribution in [2.45, 2.75) is 0 Å². The summed E-state index contributed by atoms with van der Waals surface area (Å²) in [4.78, 5) is 19.9. The van der Waals surface area contributed by atoms with Crippen molar-refractivity contribution in [2.24, 2.45) is 0 Å². The van der Waals surface area contributed by atoms with E-state index < -0.39 is 0 Å². The van der Waals surface area contributed by atoms with Gasteiger partial charge in [0.2, 0.25) is 5.71 Å². The normalized spacial score (nSPS) is 11.3. The van der Waals surface area contributed by atoms with Crippen LogP contribution in [-0.4, -0.2) is 19.9 Å². The second-order valence-electron chi connectivity index (χ2n) is 19.7. The van der Waals surface area contributed by atoms with Crippen molar-refractivity contribution in [1.82, 2.24) is 19.9 Å². The molecule has 0 radical (unpaired) electrons. The third kappa shape index (κ3) is 9.05. The second-order valence-corrected chi connectivity index (χ2v) is 19.7. The summed E-state index contributed by atoms with van der Waals surface area (Å²) in [6, 6.07) is 94.3. The highest BCUT2D eigenvalue weighted by molar-refractivity contribution is 6.08. The molecular formula is C74H48N4O. The molecule has 0 atom stereocenters. The van der Waals surface area contributed by atoms with Crippen LogP contribution in [0.1, 0.15) is 0 Å². The minimum Gasteiger partial charge on any atom is -0.437 e. The zero-order valence-corrected chi connectivity index (χ0v) is 42.9. The number of nitrogens with zero attached hydrogens (tertiary/aromatic N) is 4. The van der Waals surface area contributed by atoms with Crippen LogP contribution in [0.25, 0.3) is 145 Å². The molecule has 0 amide bonds. The van der Waals surface area contributed by atoms with Gasteiger partial charge in [-0.15, -0.1) is 0 Å². The number of pyridine rings is 4.